The van der Waals surface area contributed by atoms with Gasteiger partial charge in [0.15, 0.2) is 0 Å². The topological polar surface area (TPSA) is 190 Å². The second kappa shape index (κ2) is 13.6. The maximum atomic E-state index is 12.2. The summed E-state index contributed by atoms with van der Waals surface area (Å²) in [6.45, 7) is 3.50. The third kappa shape index (κ3) is 6.32. The number of hydrogen-bond acceptors (Lipinski definition) is 6. The van der Waals surface area contributed by atoms with E-state index < -0.39 is 23.9 Å². The van der Waals surface area contributed by atoms with Gasteiger partial charge in [-0.3, -0.25) is 0 Å². The van der Waals surface area contributed by atoms with Crippen molar-refractivity contribution in [3.63, 3.8) is 0 Å². The van der Waals surface area contributed by atoms with Crippen LogP contribution < -0.4 is 0 Å². The predicted molar refractivity (Wildman–Crippen MR) is 194 cm³/mol. The quantitative estimate of drug-likeness (QED) is 0.0852. The summed E-state index contributed by atoms with van der Waals surface area (Å²) in [5.41, 5.74) is 5.65. The van der Waals surface area contributed by atoms with E-state index >= 15 is 0 Å². The Bertz CT molecular complexity index is 2070. The molecule has 0 heterocycles. The third-order valence-electron chi connectivity index (χ3n) is 9.14. The molecule has 0 aliphatic heterocycles. The fourth-order valence-corrected chi connectivity index (χ4v) is 6.36. The minimum Gasteiger partial charge on any atom is -0.507 e. The molecule has 10 heteroatoms. The SMILES string of the molecule is Cc1c(-c2ccc(C(=O)O)cc2)cc(-c2ccc(C(=O)O)cc2)c(O)c1-c1c(C)c(-c2ccc(C(=O)O)cc2)cc(-c2ccc(C(=O)O)cc2)c1O. The van der Waals surface area contributed by atoms with Gasteiger partial charge in [0, 0.05) is 22.3 Å². The maximum absolute atomic E-state index is 12.2. The van der Waals surface area contributed by atoms with Crippen molar-refractivity contribution in [3.05, 3.63) is 143 Å². The molecule has 0 fully saturated rings. The van der Waals surface area contributed by atoms with Gasteiger partial charge in [0.25, 0.3) is 0 Å². The second-order valence-electron chi connectivity index (χ2n) is 12.2. The number of hydrogen-bond donors (Lipinski definition) is 6. The molecule has 0 unspecified atom stereocenters. The molecule has 0 saturated heterocycles. The molecule has 6 N–H and O–H groups in total. The summed E-state index contributed by atoms with van der Waals surface area (Å²) in [5, 5.41) is 62.4. The van der Waals surface area contributed by atoms with Gasteiger partial charge in [0.1, 0.15) is 11.5 Å². The molecule has 0 aliphatic rings. The Labute approximate surface area is 296 Å². The van der Waals surface area contributed by atoms with Crippen LogP contribution in [0.25, 0.3) is 55.6 Å². The van der Waals surface area contributed by atoms with Gasteiger partial charge in [-0.15, -0.1) is 0 Å². The van der Waals surface area contributed by atoms with Gasteiger partial charge in [-0.2, -0.15) is 0 Å². The first-order valence-corrected chi connectivity index (χ1v) is 15.8. The van der Waals surface area contributed by atoms with E-state index in [4.69, 9.17) is 0 Å². The molecule has 10 nitrogen and oxygen atoms in total. The third-order valence-corrected chi connectivity index (χ3v) is 9.14. The van der Waals surface area contributed by atoms with Crippen molar-refractivity contribution in [3.8, 4) is 67.1 Å². The first kappa shape index (κ1) is 34.7. The fraction of sp³-hybridized carbons (Fsp3) is 0.0476. The number of carbonyl (C=O) groups is 4. The Morgan fingerprint density at radius 2 is 0.577 bits per heavy atom. The molecule has 0 aliphatic carbocycles. The van der Waals surface area contributed by atoms with Crippen LogP contribution in [0, 0.1) is 13.8 Å². The van der Waals surface area contributed by atoms with Crippen LogP contribution in [-0.2, 0) is 0 Å². The van der Waals surface area contributed by atoms with Gasteiger partial charge in [-0.05, 0) is 119 Å². The summed E-state index contributed by atoms with van der Waals surface area (Å²) < 4.78 is 0. The highest BCUT2D eigenvalue weighted by atomic mass is 16.4. The van der Waals surface area contributed by atoms with E-state index in [2.05, 4.69) is 0 Å². The Balaban J connectivity index is 1.70. The van der Waals surface area contributed by atoms with Crippen LogP contribution in [0.15, 0.2) is 109 Å². The highest BCUT2D eigenvalue weighted by Gasteiger charge is 2.26. The number of phenolic OH excluding ortho intramolecular Hbond substituents is 2. The fourth-order valence-electron chi connectivity index (χ4n) is 6.36. The number of aromatic carboxylic acids is 4. The Morgan fingerprint density at radius 1 is 0.365 bits per heavy atom. The van der Waals surface area contributed by atoms with E-state index in [9.17, 15) is 49.8 Å². The molecule has 0 radical (unpaired) electrons. The minimum absolute atomic E-state index is 0.0359. The Kier molecular flexibility index (Phi) is 9.07. The highest BCUT2D eigenvalue weighted by molar-refractivity contribution is 6.00. The molecular weight excluding hydrogens is 664 g/mol. The van der Waals surface area contributed by atoms with Crippen molar-refractivity contribution in [1.82, 2.24) is 0 Å². The lowest BCUT2D eigenvalue weighted by atomic mass is 9.82. The number of benzene rings is 6. The van der Waals surface area contributed by atoms with Crippen LogP contribution in [0.2, 0.25) is 0 Å². The molecule has 6 aromatic carbocycles. The van der Waals surface area contributed by atoms with Crippen LogP contribution in [0.3, 0.4) is 0 Å². The molecule has 0 saturated carbocycles. The monoisotopic (exact) mass is 694 g/mol. The summed E-state index contributed by atoms with van der Waals surface area (Å²) in [4.78, 5) is 46.5. The number of carboxylic acid groups (broad SMARTS) is 4. The number of aromatic hydroxyl groups is 2. The van der Waals surface area contributed by atoms with Crippen molar-refractivity contribution in [1.29, 1.82) is 0 Å². The maximum Gasteiger partial charge on any atom is 0.335 e. The molecule has 6 rings (SSSR count). The van der Waals surface area contributed by atoms with Gasteiger partial charge >= 0.3 is 23.9 Å². The van der Waals surface area contributed by atoms with Gasteiger partial charge in [-0.25, -0.2) is 19.2 Å². The molecular formula is C42H30O10. The lowest BCUT2D eigenvalue weighted by Gasteiger charge is -2.23. The summed E-state index contributed by atoms with van der Waals surface area (Å²) in [7, 11) is 0. The average Bonchev–Trinajstić information content (AvgIpc) is 3.13. The normalized spacial score (nSPS) is 10.9. The minimum atomic E-state index is -1.13. The van der Waals surface area contributed by atoms with Gasteiger partial charge in [0.2, 0.25) is 0 Å². The molecule has 6 aromatic rings. The summed E-state index contributed by atoms with van der Waals surface area (Å²) in [6.07, 6.45) is 0. The molecule has 52 heavy (non-hydrogen) atoms. The van der Waals surface area contributed by atoms with Crippen molar-refractivity contribution in [2.45, 2.75) is 13.8 Å². The van der Waals surface area contributed by atoms with Crippen LogP contribution >= 0.6 is 0 Å². The largest absolute Gasteiger partial charge is 0.507 e. The van der Waals surface area contributed by atoms with Crippen molar-refractivity contribution in [2.75, 3.05) is 0 Å². The van der Waals surface area contributed by atoms with E-state index in [1.807, 2.05) is 0 Å². The number of carboxylic acids is 4. The second-order valence-corrected chi connectivity index (χ2v) is 12.2. The van der Waals surface area contributed by atoms with Gasteiger partial charge in [-0.1, -0.05) is 48.5 Å². The van der Waals surface area contributed by atoms with Crippen molar-refractivity contribution >= 4 is 23.9 Å². The van der Waals surface area contributed by atoms with E-state index in [1.165, 1.54) is 48.5 Å². The van der Waals surface area contributed by atoms with E-state index in [0.717, 1.165) is 0 Å². The lowest BCUT2D eigenvalue weighted by molar-refractivity contribution is 0.0686. The zero-order chi connectivity index (χ0) is 37.4. The van der Waals surface area contributed by atoms with E-state index in [1.54, 1.807) is 74.5 Å². The molecule has 258 valence electrons. The zero-order valence-corrected chi connectivity index (χ0v) is 27.7. The Hall–Kier alpha value is -7.20. The predicted octanol–water partition coefficient (Wildman–Crippen LogP) is 8.84. The summed E-state index contributed by atoms with van der Waals surface area (Å²) in [5.74, 6) is -4.92. The standard InChI is InChI=1S/C42H30O10/c1-21-31(23-3-11-27(12-4-23)39(45)46)19-33(25-7-15-29(16-8-25)41(49)50)37(43)35(21)36-22(2)32(24-5-13-28(14-6-24)40(47)48)20-34(38(36)44)26-9-17-30(18-10-26)42(51)52/h3-20,43-44H,1-2H3,(H,45,46)(H,47,48)(H,49,50)(H,51,52). The van der Waals surface area contributed by atoms with Crippen molar-refractivity contribution in [2.24, 2.45) is 0 Å². The van der Waals surface area contributed by atoms with Gasteiger partial charge < -0.3 is 30.6 Å². The first-order valence-electron chi connectivity index (χ1n) is 15.8. The highest BCUT2D eigenvalue weighted by Crippen LogP contribution is 2.52. The summed E-state index contributed by atoms with van der Waals surface area (Å²) in [6, 6.07) is 27.6. The Morgan fingerprint density at radius 3 is 0.788 bits per heavy atom. The summed E-state index contributed by atoms with van der Waals surface area (Å²) >= 11 is 0. The van der Waals surface area contributed by atoms with E-state index in [-0.39, 0.29) is 44.9 Å². The van der Waals surface area contributed by atoms with Crippen LogP contribution in [-0.4, -0.2) is 54.5 Å². The van der Waals surface area contributed by atoms with Crippen LogP contribution in [0.5, 0.6) is 11.5 Å². The lowest BCUT2D eigenvalue weighted by Crippen LogP contribution is -2.00. The number of rotatable bonds is 9. The molecule has 0 aromatic heterocycles. The molecule has 0 atom stereocenters. The zero-order valence-electron chi connectivity index (χ0n) is 27.7. The first-order chi connectivity index (χ1) is 24.8. The number of phenols is 2. The molecule has 0 bridgehead atoms. The van der Waals surface area contributed by atoms with Gasteiger partial charge in [0.05, 0.1) is 22.3 Å². The molecule has 0 amide bonds. The van der Waals surface area contributed by atoms with Crippen LogP contribution in [0.4, 0.5) is 0 Å². The van der Waals surface area contributed by atoms with Crippen LogP contribution in [0.1, 0.15) is 52.6 Å². The average molecular weight is 695 g/mol. The molecule has 0 spiro atoms. The van der Waals surface area contributed by atoms with E-state index in [0.29, 0.717) is 55.6 Å². The van der Waals surface area contributed by atoms with Crippen molar-refractivity contribution < 1.29 is 49.8 Å². The smallest absolute Gasteiger partial charge is 0.335 e.